The molecule has 9 heteroatoms. The van der Waals surface area contributed by atoms with E-state index < -0.39 is 29.8 Å². The second-order valence-corrected chi connectivity index (χ2v) is 5.24. The molecule has 0 aliphatic heterocycles. The molecule has 2 nitrogen and oxygen atoms in total. The normalized spacial score (nSPS) is 14.9. The van der Waals surface area contributed by atoms with Crippen LogP contribution in [0.4, 0.5) is 26.3 Å². The predicted octanol–water partition coefficient (Wildman–Crippen LogP) is 4.85. The number of alkyl halides is 7. The molecular weight excluding hydrogens is 326 g/mol. The van der Waals surface area contributed by atoms with Crippen molar-refractivity contribution in [3.63, 3.8) is 0 Å². The molecule has 0 aromatic carbocycles. The second kappa shape index (κ2) is 7.56. The van der Waals surface area contributed by atoms with Crippen LogP contribution in [0.2, 0.25) is 0 Å². The molecule has 0 amide bonds. The number of hydrogen-bond acceptors (Lipinski definition) is 2. The van der Waals surface area contributed by atoms with Crippen LogP contribution in [-0.4, -0.2) is 29.8 Å². The second-order valence-electron chi connectivity index (χ2n) is 4.67. The average Bonchev–Trinajstić information content (AvgIpc) is 2.34. The SMILES string of the molecule is CCCC[C@@H](CC)COC(=O)C(Cl)(C(F)(F)F)C(F)(F)F. The zero-order chi connectivity index (χ0) is 16.9. The van der Waals surface area contributed by atoms with E-state index in [1.807, 2.05) is 6.92 Å². The smallest absolute Gasteiger partial charge is 0.427 e. The first-order chi connectivity index (χ1) is 9.41. The van der Waals surface area contributed by atoms with Gasteiger partial charge in [-0.1, -0.05) is 44.7 Å². The Morgan fingerprint density at radius 1 is 1.10 bits per heavy atom. The fourth-order valence-electron chi connectivity index (χ4n) is 1.58. The van der Waals surface area contributed by atoms with Crippen molar-refractivity contribution in [1.82, 2.24) is 0 Å². The van der Waals surface area contributed by atoms with E-state index in [4.69, 9.17) is 0 Å². The molecule has 0 aliphatic rings. The first-order valence-electron chi connectivity index (χ1n) is 6.41. The van der Waals surface area contributed by atoms with Gasteiger partial charge >= 0.3 is 23.2 Å². The largest absolute Gasteiger partial charge is 0.464 e. The first-order valence-corrected chi connectivity index (χ1v) is 6.79. The number of unbranched alkanes of at least 4 members (excludes halogenated alkanes) is 1. The Hall–Kier alpha value is -0.660. The van der Waals surface area contributed by atoms with Crippen LogP contribution in [0.5, 0.6) is 0 Å². The number of carbonyl (C=O) groups is 1. The first kappa shape index (κ1) is 20.3. The molecule has 0 saturated heterocycles. The van der Waals surface area contributed by atoms with Crippen molar-refractivity contribution in [2.45, 2.75) is 56.8 Å². The van der Waals surface area contributed by atoms with E-state index in [1.165, 1.54) is 0 Å². The topological polar surface area (TPSA) is 26.3 Å². The maximum atomic E-state index is 12.5. The summed E-state index contributed by atoms with van der Waals surface area (Å²) >= 11 is 4.55. The van der Waals surface area contributed by atoms with Gasteiger partial charge in [0.15, 0.2) is 0 Å². The van der Waals surface area contributed by atoms with Gasteiger partial charge in [0.1, 0.15) is 0 Å². The van der Waals surface area contributed by atoms with Crippen molar-refractivity contribution in [3.8, 4) is 0 Å². The molecule has 0 aromatic rings. The third-order valence-corrected chi connectivity index (χ3v) is 3.64. The van der Waals surface area contributed by atoms with Crippen LogP contribution in [0.3, 0.4) is 0 Å². The van der Waals surface area contributed by atoms with Crippen LogP contribution in [0.15, 0.2) is 0 Å². The van der Waals surface area contributed by atoms with Crippen LogP contribution in [0.25, 0.3) is 0 Å². The molecule has 0 fully saturated rings. The van der Waals surface area contributed by atoms with Crippen molar-refractivity contribution in [1.29, 1.82) is 0 Å². The molecule has 21 heavy (non-hydrogen) atoms. The van der Waals surface area contributed by atoms with E-state index in [2.05, 4.69) is 16.3 Å². The molecule has 0 aliphatic carbocycles. The summed E-state index contributed by atoms with van der Waals surface area (Å²) in [6.45, 7) is 3.07. The predicted molar refractivity (Wildman–Crippen MR) is 65.0 cm³/mol. The van der Waals surface area contributed by atoms with Gasteiger partial charge in [-0.05, 0) is 12.3 Å². The Bertz CT molecular complexity index is 326. The van der Waals surface area contributed by atoms with Crippen LogP contribution >= 0.6 is 11.6 Å². The summed E-state index contributed by atoms with van der Waals surface area (Å²) < 4.78 is 79.2. The number of halogens is 7. The van der Waals surface area contributed by atoms with E-state index in [-0.39, 0.29) is 5.92 Å². The number of esters is 1. The van der Waals surface area contributed by atoms with Crippen molar-refractivity contribution < 1.29 is 35.9 Å². The minimum Gasteiger partial charge on any atom is -0.464 e. The minimum absolute atomic E-state index is 0.295. The van der Waals surface area contributed by atoms with E-state index in [0.29, 0.717) is 12.8 Å². The summed E-state index contributed by atoms with van der Waals surface area (Å²) in [6, 6.07) is 0. The molecule has 126 valence electrons. The van der Waals surface area contributed by atoms with Gasteiger partial charge in [0, 0.05) is 0 Å². The van der Waals surface area contributed by atoms with E-state index in [1.54, 1.807) is 6.92 Å². The summed E-state index contributed by atoms with van der Waals surface area (Å²) in [7, 11) is 0. The molecule has 0 rings (SSSR count). The van der Waals surface area contributed by atoms with Gasteiger partial charge in [-0.15, -0.1) is 0 Å². The van der Waals surface area contributed by atoms with E-state index >= 15 is 0 Å². The Kier molecular flexibility index (Phi) is 7.32. The third-order valence-electron chi connectivity index (χ3n) is 3.06. The number of rotatable bonds is 7. The Balaban J connectivity index is 4.95. The highest BCUT2D eigenvalue weighted by Gasteiger charge is 2.76. The zero-order valence-corrected chi connectivity index (χ0v) is 12.3. The molecular formula is C12H17ClF6O2. The van der Waals surface area contributed by atoms with Gasteiger partial charge in [0.25, 0.3) is 0 Å². The van der Waals surface area contributed by atoms with Crippen molar-refractivity contribution >= 4 is 17.6 Å². The monoisotopic (exact) mass is 342 g/mol. The molecule has 1 atom stereocenters. The molecule has 0 spiro atoms. The highest BCUT2D eigenvalue weighted by molar-refractivity contribution is 6.35. The molecule has 0 saturated carbocycles. The highest BCUT2D eigenvalue weighted by Crippen LogP contribution is 2.48. The van der Waals surface area contributed by atoms with Gasteiger partial charge in [0.2, 0.25) is 0 Å². The highest BCUT2D eigenvalue weighted by atomic mass is 35.5. The average molecular weight is 343 g/mol. The molecule has 0 radical (unpaired) electrons. The van der Waals surface area contributed by atoms with Gasteiger partial charge < -0.3 is 4.74 Å². The maximum Gasteiger partial charge on any atom is 0.427 e. The van der Waals surface area contributed by atoms with Gasteiger partial charge in [-0.25, -0.2) is 4.79 Å². The summed E-state index contributed by atoms with van der Waals surface area (Å²) in [5, 5.41) is 0. The third kappa shape index (κ3) is 4.93. The van der Waals surface area contributed by atoms with E-state index in [0.717, 1.165) is 12.8 Å². The van der Waals surface area contributed by atoms with Gasteiger partial charge in [0.05, 0.1) is 6.61 Å². The molecule has 0 aromatic heterocycles. The molecule has 0 heterocycles. The Morgan fingerprint density at radius 3 is 1.90 bits per heavy atom. The summed E-state index contributed by atoms with van der Waals surface area (Å²) in [5.41, 5.74) is 0. The van der Waals surface area contributed by atoms with Crippen molar-refractivity contribution in [3.05, 3.63) is 0 Å². The van der Waals surface area contributed by atoms with Crippen LogP contribution in [0.1, 0.15) is 39.5 Å². The lowest BCUT2D eigenvalue weighted by atomic mass is 10.0. The lowest BCUT2D eigenvalue weighted by molar-refractivity contribution is -0.268. The summed E-state index contributed by atoms with van der Waals surface area (Å²) in [4.78, 5) is 6.23. The molecule has 0 N–H and O–H groups in total. The number of hydrogen-bond donors (Lipinski definition) is 0. The Morgan fingerprint density at radius 2 is 1.57 bits per heavy atom. The van der Waals surface area contributed by atoms with Crippen molar-refractivity contribution in [2.24, 2.45) is 5.92 Å². The minimum atomic E-state index is -5.99. The fourth-order valence-corrected chi connectivity index (χ4v) is 1.64. The summed E-state index contributed by atoms with van der Waals surface area (Å²) in [5.74, 6) is -2.82. The molecule has 0 bridgehead atoms. The lowest BCUT2D eigenvalue weighted by Gasteiger charge is -2.29. The molecule has 0 unspecified atom stereocenters. The fraction of sp³-hybridized carbons (Fsp3) is 0.917. The number of ether oxygens (including phenoxy) is 1. The van der Waals surface area contributed by atoms with Crippen molar-refractivity contribution in [2.75, 3.05) is 6.61 Å². The maximum absolute atomic E-state index is 12.5. The standard InChI is InChI=1S/C12H17ClF6O2/c1-3-5-6-8(4-2)7-21-9(20)10(13,11(14,15)16)12(17,18)19/h8H,3-7H2,1-2H3/t8-/m1/s1. The van der Waals surface area contributed by atoms with E-state index in [9.17, 15) is 31.1 Å². The van der Waals surface area contributed by atoms with Crippen LogP contribution < -0.4 is 0 Å². The number of carbonyl (C=O) groups excluding carboxylic acids is 1. The zero-order valence-electron chi connectivity index (χ0n) is 11.6. The van der Waals surface area contributed by atoms with Gasteiger partial charge in [-0.3, -0.25) is 0 Å². The van der Waals surface area contributed by atoms with Crippen LogP contribution in [-0.2, 0) is 9.53 Å². The lowest BCUT2D eigenvalue weighted by Crippen LogP contribution is -2.58. The van der Waals surface area contributed by atoms with Gasteiger partial charge in [-0.2, -0.15) is 26.3 Å². The Labute approximate surface area is 123 Å². The quantitative estimate of drug-likeness (QED) is 0.375. The van der Waals surface area contributed by atoms with Crippen LogP contribution in [0, 0.1) is 5.92 Å². The summed E-state index contributed by atoms with van der Waals surface area (Å²) in [6.07, 6.45) is -9.41.